The molecule has 39 heavy (non-hydrogen) atoms. The van der Waals surface area contributed by atoms with Crippen molar-refractivity contribution < 1.29 is 14.6 Å². The number of nitro benzene ring substituents is 2. The smallest absolute Gasteiger partial charge is 0.272 e. The third-order valence-electron chi connectivity index (χ3n) is 7.01. The molecule has 0 aliphatic carbocycles. The molecule has 1 saturated heterocycles. The van der Waals surface area contributed by atoms with Gasteiger partial charge in [-0.25, -0.2) is 4.68 Å². The number of rotatable bonds is 6. The van der Waals surface area contributed by atoms with Crippen LogP contribution in [0.2, 0.25) is 0 Å². The van der Waals surface area contributed by atoms with Gasteiger partial charge in [0.05, 0.1) is 21.2 Å². The topological polar surface area (TPSA) is 128 Å². The highest BCUT2D eigenvalue weighted by Crippen LogP contribution is 2.27. The fourth-order valence-corrected chi connectivity index (χ4v) is 4.63. The van der Waals surface area contributed by atoms with Gasteiger partial charge in [-0.1, -0.05) is 18.2 Å². The number of hydrogen-bond acceptors (Lipinski definition) is 7. The number of nitrogens with zero attached hydrogens (tertiary/aromatic N) is 6. The first-order valence-electron chi connectivity index (χ1n) is 12.4. The van der Waals surface area contributed by atoms with Gasteiger partial charge in [0.25, 0.3) is 17.3 Å². The highest BCUT2D eigenvalue weighted by molar-refractivity contribution is 5.94. The summed E-state index contributed by atoms with van der Waals surface area (Å²) in [7, 11) is 0. The summed E-state index contributed by atoms with van der Waals surface area (Å²) in [6.07, 6.45) is 0. The Balaban J connectivity index is 1.44. The number of amides is 1. The number of aromatic nitrogens is 2. The first kappa shape index (κ1) is 25.6. The van der Waals surface area contributed by atoms with Crippen molar-refractivity contribution in [2.24, 2.45) is 0 Å². The second-order valence-corrected chi connectivity index (χ2v) is 9.46. The van der Waals surface area contributed by atoms with Crippen molar-refractivity contribution in [2.75, 3.05) is 31.1 Å². The number of benzene rings is 3. The molecule has 1 aliphatic heterocycles. The molecule has 1 fully saturated rings. The number of hydrogen-bond donors (Lipinski definition) is 0. The van der Waals surface area contributed by atoms with E-state index in [0.29, 0.717) is 43.3 Å². The van der Waals surface area contributed by atoms with Gasteiger partial charge in [0, 0.05) is 61.7 Å². The molecule has 4 aromatic rings. The van der Waals surface area contributed by atoms with E-state index in [1.807, 2.05) is 32.0 Å². The van der Waals surface area contributed by atoms with E-state index in [-0.39, 0.29) is 17.3 Å². The minimum atomic E-state index is -0.476. The maximum Gasteiger partial charge on any atom is 0.272 e. The summed E-state index contributed by atoms with van der Waals surface area (Å²) in [4.78, 5) is 39.0. The highest BCUT2D eigenvalue weighted by atomic mass is 16.6. The van der Waals surface area contributed by atoms with E-state index >= 15 is 0 Å². The molecule has 1 amide bonds. The van der Waals surface area contributed by atoms with Crippen LogP contribution in [0.5, 0.6) is 0 Å². The highest BCUT2D eigenvalue weighted by Gasteiger charge is 2.27. The lowest BCUT2D eigenvalue weighted by atomic mass is 10.0. The Bertz CT molecular complexity index is 1570. The SMILES string of the molecule is Cc1ccc(-c2cc(C(=O)N3CCN(c4ccc([N+](=O)[O-])cc4)CC3)n(-c3cccc([N+](=O)[O-])c3)n2)cc1C. The molecule has 198 valence electrons. The third kappa shape index (κ3) is 5.19. The van der Waals surface area contributed by atoms with Gasteiger partial charge in [0.15, 0.2) is 0 Å². The molecular formula is C28H26N6O5. The molecule has 0 radical (unpaired) electrons. The zero-order valence-corrected chi connectivity index (χ0v) is 21.5. The lowest BCUT2D eigenvalue weighted by molar-refractivity contribution is -0.385. The third-order valence-corrected chi connectivity index (χ3v) is 7.01. The fraction of sp³-hybridized carbons (Fsp3) is 0.214. The summed E-state index contributed by atoms with van der Waals surface area (Å²) in [6, 6.07) is 20.1. The summed E-state index contributed by atoms with van der Waals surface area (Å²) < 4.78 is 1.47. The Hall–Kier alpha value is -5.06. The van der Waals surface area contributed by atoms with Crippen LogP contribution in [-0.2, 0) is 0 Å². The normalized spacial score (nSPS) is 13.4. The summed E-state index contributed by atoms with van der Waals surface area (Å²) in [5.74, 6) is -0.229. The zero-order valence-electron chi connectivity index (χ0n) is 21.5. The maximum absolute atomic E-state index is 13.8. The van der Waals surface area contributed by atoms with E-state index in [0.717, 1.165) is 22.4 Å². The van der Waals surface area contributed by atoms with Crippen LogP contribution in [0, 0.1) is 34.1 Å². The average molecular weight is 527 g/mol. The zero-order chi connectivity index (χ0) is 27.7. The number of aryl methyl sites for hydroxylation is 2. The predicted octanol–water partition coefficient (Wildman–Crippen LogP) is 4.93. The van der Waals surface area contributed by atoms with Crippen molar-refractivity contribution in [3.05, 3.63) is 110 Å². The molecule has 0 N–H and O–H groups in total. The Kier molecular flexibility index (Phi) is 6.80. The van der Waals surface area contributed by atoms with Crippen LogP contribution in [0.15, 0.2) is 72.8 Å². The second-order valence-electron chi connectivity index (χ2n) is 9.46. The molecule has 11 nitrogen and oxygen atoms in total. The molecule has 0 spiro atoms. The van der Waals surface area contributed by atoms with E-state index in [2.05, 4.69) is 4.90 Å². The van der Waals surface area contributed by atoms with Crippen LogP contribution in [0.3, 0.4) is 0 Å². The molecule has 0 atom stereocenters. The van der Waals surface area contributed by atoms with Crippen molar-refractivity contribution in [1.29, 1.82) is 0 Å². The van der Waals surface area contributed by atoms with Gasteiger partial charge in [-0.3, -0.25) is 25.0 Å². The van der Waals surface area contributed by atoms with Crippen LogP contribution in [0.4, 0.5) is 17.1 Å². The standard InChI is InChI=1S/C28H26N6O5/c1-19-6-7-21(16-20(19)2)26-18-27(32(29-26)24-4-3-5-25(17-24)34(38)39)28(35)31-14-12-30(13-15-31)22-8-10-23(11-9-22)33(36)37/h3-11,16-18H,12-15H2,1-2H3. The number of carbonyl (C=O) groups is 1. The van der Waals surface area contributed by atoms with E-state index in [9.17, 15) is 25.0 Å². The van der Waals surface area contributed by atoms with E-state index in [4.69, 9.17) is 5.10 Å². The number of non-ortho nitro benzene ring substituents is 2. The van der Waals surface area contributed by atoms with Crippen molar-refractivity contribution in [3.63, 3.8) is 0 Å². The Morgan fingerprint density at radius 1 is 0.769 bits per heavy atom. The quantitative estimate of drug-likeness (QED) is 0.257. The summed E-state index contributed by atoms with van der Waals surface area (Å²) >= 11 is 0. The largest absolute Gasteiger partial charge is 0.368 e. The molecule has 5 rings (SSSR count). The predicted molar refractivity (Wildman–Crippen MR) is 146 cm³/mol. The first-order chi connectivity index (χ1) is 18.7. The minimum absolute atomic E-state index is 0.0292. The van der Waals surface area contributed by atoms with Crippen LogP contribution in [0.1, 0.15) is 21.6 Å². The lowest BCUT2D eigenvalue weighted by Crippen LogP contribution is -2.49. The van der Waals surface area contributed by atoms with Gasteiger partial charge >= 0.3 is 0 Å². The Morgan fingerprint density at radius 2 is 1.46 bits per heavy atom. The van der Waals surface area contributed by atoms with E-state index in [1.54, 1.807) is 35.2 Å². The maximum atomic E-state index is 13.8. The van der Waals surface area contributed by atoms with E-state index < -0.39 is 9.85 Å². The van der Waals surface area contributed by atoms with Gasteiger partial charge in [0.2, 0.25) is 0 Å². The van der Waals surface area contributed by atoms with Crippen molar-refractivity contribution in [3.8, 4) is 16.9 Å². The number of nitro groups is 2. The van der Waals surface area contributed by atoms with Gasteiger partial charge < -0.3 is 9.80 Å². The first-order valence-corrected chi connectivity index (χ1v) is 12.4. The second kappa shape index (κ2) is 10.4. The number of piperazine rings is 1. The number of anilines is 1. The monoisotopic (exact) mass is 526 g/mol. The van der Waals surface area contributed by atoms with Crippen LogP contribution in [-0.4, -0.2) is 56.6 Å². The molecule has 0 bridgehead atoms. The summed E-state index contributed by atoms with van der Waals surface area (Å²) in [5.41, 5.74) is 5.20. The van der Waals surface area contributed by atoms with Crippen molar-refractivity contribution in [1.82, 2.24) is 14.7 Å². The Labute approximate surface area is 224 Å². The van der Waals surface area contributed by atoms with Gasteiger partial charge in [-0.05, 0) is 55.3 Å². The van der Waals surface area contributed by atoms with Crippen LogP contribution >= 0.6 is 0 Å². The Morgan fingerprint density at radius 3 is 2.10 bits per heavy atom. The van der Waals surface area contributed by atoms with Gasteiger partial charge in [-0.15, -0.1) is 0 Å². The van der Waals surface area contributed by atoms with Crippen LogP contribution in [0.25, 0.3) is 16.9 Å². The molecule has 2 heterocycles. The molecule has 0 saturated carbocycles. The van der Waals surface area contributed by atoms with Crippen LogP contribution < -0.4 is 4.90 Å². The minimum Gasteiger partial charge on any atom is -0.368 e. The number of carbonyl (C=O) groups excluding carboxylic acids is 1. The van der Waals surface area contributed by atoms with E-state index in [1.165, 1.54) is 28.9 Å². The molecule has 3 aromatic carbocycles. The lowest BCUT2D eigenvalue weighted by Gasteiger charge is -2.36. The van der Waals surface area contributed by atoms with Gasteiger partial charge in [-0.2, -0.15) is 5.10 Å². The summed E-state index contributed by atoms with van der Waals surface area (Å²) in [6.45, 7) is 6.01. The molecule has 1 aromatic heterocycles. The van der Waals surface area contributed by atoms with Gasteiger partial charge in [0.1, 0.15) is 5.69 Å². The average Bonchev–Trinajstić information content (AvgIpc) is 3.40. The molecule has 1 aliphatic rings. The van der Waals surface area contributed by atoms with Crippen molar-refractivity contribution in [2.45, 2.75) is 13.8 Å². The molecule has 0 unspecified atom stereocenters. The summed E-state index contributed by atoms with van der Waals surface area (Å²) in [5, 5.41) is 27.1. The molecular weight excluding hydrogens is 500 g/mol. The fourth-order valence-electron chi connectivity index (χ4n) is 4.63. The van der Waals surface area contributed by atoms with Crippen molar-refractivity contribution >= 4 is 23.0 Å². The molecule has 11 heteroatoms.